The highest BCUT2D eigenvalue weighted by Gasteiger charge is 2.13. The Bertz CT molecular complexity index is 445. The maximum absolute atomic E-state index is 10.9. The highest BCUT2D eigenvalue weighted by molar-refractivity contribution is 5.70. The maximum Gasteiger partial charge on any atom is 0.331 e. The minimum absolute atomic E-state index is 0.0465. The lowest BCUT2D eigenvalue weighted by Crippen LogP contribution is -2.21. The fraction of sp³-hybridized carbons (Fsp3) is 0.533. The van der Waals surface area contributed by atoms with E-state index >= 15 is 0 Å². The fourth-order valence-corrected chi connectivity index (χ4v) is 2.41. The third-order valence-corrected chi connectivity index (χ3v) is 3.55. The first kappa shape index (κ1) is 14.0. The molecule has 1 aromatic rings. The Balaban J connectivity index is 1.91. The minimum Gasteiger partial charge on any atom is -0.467 e. The number of esters is 1. The van der Waals surface area contributed by atoms with Crippen molar-refractivity contribution >= 4 is 5.97 Å². The summed E-state index contributed by atoms with van der Waals surface area (Å²) in [6.07, 6.45) is 4.84. The van der Waals surface area contributed by atoms with Crippen LogP contribution in [0.1, 0.15) is 35.6 Å². The molecule has 0 bridgehead atoms. The molecule has 0 aliphatic heterocycles. The van der Waals surface area contributed by atoms with E-state index in [-0.39, 0.29) is 18.6 Å². The highest BCUT2D eigenvalue weighted by Crippen LogP contribution is 2.24. The SMILES string of the molecule is COC(=O)COCC(N)c1ccc2c(c1)CCCC2. The van der Waals surface area contributed by atoms with Crippen molar-refractivity contribution in [3.8, 4) is 0 Å². The first-order valence-corrected chi connectivity index (χ1v) is 6.72. The molecule has 1 aromatic carbocycles. The summed E-state index contributed by atoms with van der Waals surface area (Å²) in [4.78, 5) is 10.9. The molecule has 0 fully saturated rings. The van der Waals surface area contributed by atoms with Crippen LogP contribution in [-0.2, 0) is 27.1 Å². The first-order chi connectivity index (χ1) is 9.20. The number of aryl methyl sites for hydroxylation is 2. The van der Waals surface area contributed by atoms with Gasteiger partial charge < -0.3 is 15.2 Å². The standard InChI is InChI=1S/C15H21NO3/c1-18-15(17)10-19-9-14(16)13-7-6-11-4-2-3-5-12(11)8-13/h6-8,14H,2-5,9-10,16H2,1H3. The molecule has 4 heteroatoms. The van der Waals surface area contributed by atoms with E-state index in [1.54, 1.807) is 0 Å². The van der Waals surface area contributed by atoms with Gasteiger partial charge in [0.25, 0.3) is 0 Å². The molecule has 1 unspecified atom stereocenters. The summed E-state index contributed by atoms with van der Waals surface area (Å²) >= 11 is 0. The molecule has 104 valence electrons. The molecule has 2 N–H and O–H groups in total. The van der Waals surface area contributed by atoms with Crippen molar-refractivity contribution in [3.05, 3.63) is 34.9 Å². The second-order valence-corrected chi connectivity index (χ2v) is 4.93. The Labute approximate surface area is 113 Å². The Kier molecular flexibility index (Phi) is 4.93. The van der Waals surface area contributed by atoms with Crippen LogP contribution in [0, 0.1) is 0 Å². The first-order valence-electron chi connectivity index (χ1n) is 6.72. The fourth-order valence-electron chi connectivity index (χ4n) is 2.41. The third kappa shape index (κ3) is 3.78. The lowest BCUT2D eigenvalue weighted by Gasteiger charge is -2.19. The smallest absolute Gasteiger partial charge is 0.331 e. The van der Waals surface area contributed by atoms with Gasteiger partial charge in [0, 0.05) is 0 Å². The zero-order valence-corrected chi connectivity index (χ0v) is 11.4. The predicted molar refractivity (Wildman–Crippen MR) is 72.8 cm³/mol. The minimum atomic E-state index is -0.377. The van der Waals surface area contributed by atoms with Crippen molar-refractivity contribution in [1.29, 1.82) is 0 Å². The van der Waals surface area contributed by atoms with E-state index in [2.05, 4.69) is 22.9 Å². The van der Waals surface area contributed by atoms with Crippen molar-refractivity contribution in [2.75, 3.05) is 20.3 Å². The van der Waals surface area contributed by atoms with E-state index in [1.165, 1.54) is 37.5 Å². The summed E-state index contributed by atoms with van der Waals surface area (Å²) in [5.41, 5.74) is 10.0. The van der Waals surface area contributed by atoms with Gasteiger partial charge in [0.15, 0.2) is 0 Å². The highest BCUT2D eigenvalue weighted by atomic mass is 16.6. The molecule has 4 nitrogen and oxygen atoms in total. The molecule has 0 amide bonds. The van der Waals surface area contributed by atoms with Crippen molar-refractivity contribution < 1.29 is 14.3 Å². The summed E-state index contributed by atoms with van der Waals surface area (Å²) in [7, 11) is 1.34. The Hall–Kier alpha value is -1.39. The number of methoxy groups -OCH3 is 1. The lowest BCUT2D eigenvalue weighted by atomic mass is 9.89. The monoisotopic (exact) mass is 263 g/mol. The number of carbonyl (C=O) groups excluding carboxylic acids is 1. The van der Waals surface area contributed by atoms with Gasteiger partial charge in [0.2, 0.25) is 0 Å². The second kappa shape index (κ2) is 6.68. The lowest BCUT2D eigenvalue weighted by molar-refractivity contribution is -0.146. The second-order valence-electron chi connectivity index (χ2n) is 4.93. The third-order valence-electron chi connectivity index (χ3n) is 3.55. The molecule has 1 aliphatic rings. The van der Waals surface area contributed by atoms with Crippen LogP contribution in [0.15, 0.2) is 18.2 Å². The van der Waals surface area contributed by atoms with E-state index in [0.717, 1.165) is 12.0 Å². The Morgan fingerprint density at radius 2 is 2.05 bits per heavy atom. The molecular weight excluding hydrogens is 242 g/mol. The van der Waals surface area contributed by atoms with Crippen LogP contribution in [0.3, 0.4) is 0 Å². The van der Waals surface area contributed by atoms with Crippen molar-refractivity contribution in [3.63, 3.8) is 0 Å². The van der Waals surface area contributed by atoms with Gasteiger partial charge in [-0.3, -0.25) is 0 Å². The summed E-state index contributed by atoms with van der Waals surface area (Å²) in [5, 5.41) is 0. The Morgan fingerprint density at radius 1 is 1.32 bits per heavy atom. The molecule has 0 saturated heterocycles. The molecule has 0 heterocycles. The van der Waals surface area contributed by atoms with Gasteiger partial charge >= 0.3 is 5.97 Å². The Morgan fingerprint density at radius 3 is 2.79 bits per heavy atom. The van der Waals surface area contributed by atoms with Crippen molar-refractivity contribution in [1.82, 2.24) is 0 Å². The van der Waals surface area contributed by atoms with E-state index in [0.29, 0.717) is 6.61 Å². The number of benzene rings is 1. The van der Waals surface area contributed by atoms with Crippen LogP contribution >= 0.6 is 0 Å². The van der Waals surface area contributed by atoms with Crippen LogP contribution in [0.5, 0.6) is 0 Å². The number of hydrogen-bond donors (Lipinski definition) is 1. The van der Waals surface area contributed by atoms with Gasteiger partial charge in [-0.2, -0.15) is 0 Å². The van der Waals surface area contributed by atoms with Gasteiger partial charge in [0.1, 0.15) is 6.61 Å². The number of nitrogens with two attached hydrogens (primary N) is 1. The molecule has 1 aliphatic carbocycles. The number of rotatable bonds is 5. The number of fused-ring (bicyclic) bond motifs is 1. The van der Waals surface area contributed by atoms with Gasteiger partial charge in [0.05, 0.1) is 19.8 Å². The largest absolute Gasteiger partial charge is 0.467 e. The normalized spacial score (nSPS) is 15.7. The van der Waals surface area contributed by atoms with Gasteiger partial charge in [-0.25, -0.2) is 4.79 Å². The quantitative estimate of drug-likeness (QED) is 0.822. The summed E-state index contributed by atoms with van der Waals surface area (Å²) in [5.74, 6) is -0.377. The van der Waals surface area contributed by atoms with Crippen molar-refractivity contribution in [2.45, 2.75) is 31.7 Å². The zero-order chi connectivity index (χ0) is 13.7. The van der Waals surface area contributed by atoms with Gasteiger partial charge in [-0.1, -0.05) is 18.2 Å². The van der Waals surface area contributed by atoms with Crippen molar-refractivity contribution in [2.24, 2.45) is 5.73 Å². The van der Waals surface area contributed by atoms with Gasteiger partial charge in [-0.05, 0) is 42.4 Å². The molecule has 2 rings (SSSR count). The average molecular weight is 263 g/mol. The molecule has 0 radical (unpaired) electrons. The van der Waals surface area contributed by atoms with E-state index in [4.69, 9.17) is 10.5 Å². The average Bonchev–Trinajstić information content (AvgIpc) is 2.46. The van der Waals surface area contributed by atoms with Crippen LogP contribution < -0.4 is 5.73 Å². The van der Waals surface area contributed by atoms with Crippen LogP contribution in [0.25, 0.3) is 0 Å². The van der Waals surface area contributed by atoms with Gasteiger partial charge in [-0.15, -0.1) is 0 Å². The molecule has 0 aromatic heterocycles. The number of ether oxygens (including phenoxy) is 2. The molecular formula is C15H21NO3. The predicted octanol–water partition coefficient (Wildman–Crippen LogP) is 1.75. The summed E-state index contributed by atoms with van der Waals surface area (Å²) in [6.45, 7) is 0.281. The number of hydrogen-bond acceptors (Lipinski definition) is 4. The number of carbonyl (C=O) groups is 1. The molecule has 19 heavy (non-hydrogen) atoms. The van der Waals surface area contributed by atoms with Crippen LogP contribution in [-0.4, -0.2) is 26.3 Å². The summed E-state index contributed by atoms with van der Waals surface area (Å²) in [6, 6.07) is 6.22. The molecule has 0 saturated carbocycles. The molecule has 0 spiro atoms. The van der Waals surface area contributed by atoms with E-state index in [9.17, 15) is 4.79 Å². The van der Waals surface area contributed by atoms with Crippen LogP contribution in [0.4, 0.5) is 0 Å². The molecule has 1 atom stereocenters. The van der Waals surface area contributed by atoms with E-state index in [1.807, 2.05) is 0 Å². The topological polar surface area (TPSA) is 61.5 Å². The maximum atomic E-state index is 10.9. The van der Waals surface area contributed by atoms with Crippen LogP contribution in [0.2, 0.25) is 0 Å². The summed E-state index contributed by atoms with van der Waals surface area (Å²) < 4.78 is 9.75. The zero-order valence-electron chi connectivity index (χ0n) is 11.4. The van der Waals surface area contributed by atoms with E-state index < -0.39 is 0 Å².